The molecule has 14 heavy (non-hydrogen) atoms. The molecule has 0 saturated heterocycles. The van der Waals surface area contributed by atoms with Gasteiger partial charge in [-0.25, -0.2) is 10.0 Å². The highest BCUT2D eigenvalue weighted by atomic mass is 16.7. The summed E-state index contributed by atoms with van der Waals surface area (Å²) in [7, 11) is 2.91. The van der Waals surface area contributed by atoms with E-state index in [1.165, 1.54) is 31.2 Å². The second-order valence-corrected chi connectivity index (χ2v) is 2.59. The van der Waals surface area contributed by atoms with Gasteiger partial charge in [-0.05, 0) is 0 Å². The first-order valence-electron chi connectivity index (χ1n) is 3.90. The van der Waals surface area contributed by atoms with Crippen molar-refractivity contribution in [1.29, 1.82) is 5.26 Å². The van der Waals surface area contributed by atoms with Gasteiger partial charge in [0.15, 0.2) is 0 Å². The molecule has 0 aromatic carbocycles. The molecule has 0 saturated carbocycles. The number of nitriles is 1. The van der Waals surface area contributed by atoms with E-state index in [-0.39, 0.29) is 12.5 Å². The van der Waals surface area contributed by atoms with E-state index in [4.69, 9.17) is 10.1 Å². The average molecular weight is 194 g/mol. The van der Waals surface area contributed by atoms with Crippen LogP contribution in [0.15, 0.2) is 12.5 Å². The summed E-state index contributed by atoms with van der Waals surface area (Å²) in [4.78, 5) is 19.8. The standard InChI is InChI=1S/C8H10N4O2/c1-11(14-2)8(13)5-12-6-10-4-7(12)3-9/h4,6H,5H2,1-2H3. The van der Waals surface area contributed by atoms with Crippen LogP contribution in [-0.2, 0) is 16.2 Å². The molecule has 6 nitrogen and oxygen atoms in total. The Hall–Kier alpha value is -1.87. The Kier molecular flexibility index (Phi) is 3.20. The minimum Gasteiger partial charge on any atom is -0.313 e. The molecule has 74 valence electrons. The molecule has 0 N–H and O–H groups in total. The lowest BCUT2D eigenvalue weighted by Gasteiger charge is -2.13. The summed E-state index contributed by atoms with van der Waals surface area (Å²) in [5.41, 5.74) is 0.350. The summed E-state index contributed by atoms with van der Waals surface area (Å²) < 4.78 is 1.46. The minimum atomic E-state index is -0.248. The molecule has 1 aromatic rings. The van der Waals surface area contributed by atoms with E-state index >= 15 is 0 Å². The fraction of sp³-hybridized carbons (Fsp3) is 0.375. The molecule has 0 aliphatic heterocycles. The van der Waals surface area contributed by atoms with Crippen LogP contribution in [0.1, 0.15) is 5.69 Å². The normalized spacial score (nSPS) is 9.50. The van der Waals surface area contributed by atoms with Crippen molar-refractivity contribution in [3.8, 4) is 6.07 Å². The highest BCUT2D eigenvalue weighted by Gasteiger charge is 2.10. The lowest BCUT2D eigenvalue weighted by atomic mass is 10.5. The Bertz CT molecular complexity index is 366. The first kappa shape index (κ1) is 10.2. The summed E-state index contributed by atoms with van der Waals surface area (Å²) in [5.74, 6) is -0.248. The van der Waals surface area contributed by atoms with Crippen molar-refractivity contribution >= 4 is 5.91 Å². The third kappa shape index (κ3) is 2.08. The number of carbonyl (C=O) groups is 1. The average Bonchev–Trinajstić information content (AvgIpc) is 2.63. The monoisotopic (exact) mass is 194 g/mol. The van der Waals surface area contributed by atoms with Gasteiger partial charge in [0, 0.05) is 7.05 Å². The van der Waals surface area contributed by atoms with E-state index < -0.39 is 0 Å². The highest BCUT2D eigenvalue weighted by molar-refractivity contribution is 5.74. The third-order valence-electron chi connectivity index (χ3n) is 1.76. The van der Waals surface area contributed by atoms with Crippen LogP contribution in [0, 0.1) is 11.3 Å². The van der Waals surface area contributed by atoms with Crippen LogP contribution in [0.4, 0.5) is 0 Å². The second kappa shape index (κ2) is 4.39. The van der Waals surface area contributed by atoms with Gasteiger partial charge in [-0.15, -0.1) is 0 Å². The van der Waals surface area contributed by atoms with E-state index in [0.29, 0.717) is 5.69 Å². The molecular weight excluding hydrogens is 184 g/mol. The first-order valence-corrected chi connectivity index (χ1v) is 3.90. The summed E-state index contributed by atoms with van der Waals surface area (Å²) in [5, 5.41) is 9.75. The van der Waals surface area contributed by atoms with Crippen molar-refractivity contribution in [1.82, 2.24) is 14.6 Å². The topological polar surface area (TPSA) is 71.2 Å². The number of rotatable bonds is 3. The van der Waals surface area contributed by atoms with E-state index in [2.05, 4.69) is 4.98 Å². The van der Waals surface area contributed by atoms with Crippen molar-refractivity contribution < 1.29 is 9.63 Å². The molecule has 0 unspecified atom stereocenters. The van der Waals surface area contributed by atoms with E-state index in [1.54, 1.807) is 0 Å². The van der Waals surface area contributed by atoms with Gasteiger partial charge < -0.3 is 4.57 Å². The predicted octanol–water partition coefficient (Wildman–Crippen LogP) is -0.225. The molecule has 0 radical (unpaired) electrons. The summed E-state index contributed by atoms with van der Waals surface area (Å²) in [6.07, 6.45) is 2.83. The van der Waals surface area contributed by atoms with Crippen LogP contribution in [0.3, 0.4) is 0 Å². The van der Waals surface area contributed by atoms with Crippen LogP contribution < -0.4 is 0 Å². The molecule has 0 spiro atoms. The van der Waals surface area contributed by atoms with Crippen molar-refractivity contribution in [2.24, 2.45) is 0 Å². The molecule has 6 heteroatoms. The summed E-state index contributed by atoms with van der Waals surface area (Å²) in [6.45, 7) is 0.0488. The number of nitrogens with zero attached hydrogens (tertiary/aromatic N) is 4. The maximum atomic E-state index is 11.4. The molecular formula is C8H10N4O2. The van der Waals surface area contributed by atoms with Crippen molar-refractivity contribution in [2.75, 3.05) is 14.2 Å². The number of imidazole rings is 1. The van der Waals surface area contributed by atoms with Gasteiger partial charge in [0.2, 0.25) is 0 Å². The second-order valence-electron chi connectivity index (χ2n) is 2.59. The fourth-order valence-corrected chi connectivity index (χ4v) is 0.887. The Labute approximate surface area is 81.3 Å². The molecule has 1 heterocycles. The van der Waals surface area contributed by atoms with Gasteiger partial charge in [-0.3, -0.25) is 9.63 Å². The quantitative estimate of drug-likeness (QED) is 0.623. The molecule has 1 aromatic heterocycles. The van der Waals surface area contributed by atoms with E-state index in [1.807, 2.05) is 6.07 Å². The zero-order chi connectivity index (χ0) is 10.6. The van der Waals surface area contributed by atoms with Crippen LogP contribution in [0.2, 0.25) is 0 Å². The molecule has 0 bridgehead atoms. The van der Waals surface area contributed by atoms with Crippen LogP contribution in [0.5, 0.6) is 0 Å². The van der Waals surface area contributed by atoms with E-state index in [0.717, 1.165) is 5.06 Å². The van der Waals surface area contributed by atoms with Crippen molar-refractivity contribution in [3.05, 3.63) is 18.2 Å². The van der Waals surface area contributed by atoms with Gasteiger partial charge in [0.25, 0.3) is 5.91 Å². The predicted molar refractivity (Wildman–Crippen MR) is 46.7 cm³/mol. The smallest absolute Gasteiger partial charge is 0.265 e. The van der Waals surface area contributed by atoms with Gasteiger partial charge in [0.1, 0.15) is 18.3 Å². The Balaban J connectivity index is 2.70. The molecule has 0 atom stereocenters. The molecule has 1 rings (SSSR count). The van der Waals surface area contributed by atoms with Gasteiger partial charge in [-0.2, -0.15) is 5.26 Å². The van der Waals surface area contributed by atoms with E-state index in [9.17, 15) is 4.79 Å². The minimum absolute atomic E-state index is 0.0488. The number of hydrogen-bond donors (Lipinski definition) is 0. The maximum Gasteiger partial charge on any atom is 0.265 e. The number of hydrogen-bond acceptors (Lipinski definition) is 4. The number of aromatic nitrogens is 2. The Morgan fingerprint density at radius 1 is 1.86 bits per heavy atom. The molecule has 1 amide bonds. The van der Waals surface area contributed by atoms with Gasteiger partial charge in [-0.1, -0.05) is 0 Å². The number of amides is 1. The largest absolute Gasteiger partial charge is 0.313 e. The third-order valence-corrected chi connectivity index (χ3v) is 1.76. The lowest BCUT2D eigenvalue weighted by molar-refractivity contribution is -0.169. The maximum absolute atomic E-state index is 11.4. The Morgan fingerprint density at radius 3 is 3.14 bits per heavy atom. The number of hydroxylamine groups is 2. The zero-order valence-electron chi connectivity index (χ0n) is 7.97. The molecule has 0 fully saturated rings. The number of carbonyl (C=O) groups excluding carboxylic acids is 1. The van der Waals surface area contributed by atoms with Crippen LogP contribution >= 0.6 is 0 Å². The zero-order valence-corrected chi connectivity index (χ0v) is 7.97. The van der Waals surface area contributed by atoms with Crippen molar-refractivity contribution in [2.45, 2.75) is 6.54 Å². The number of likely N-dealkylation sites (N-methyl/N-ethyl adjacent to an activating group) is 1. The fourth-order valence-electron chi connectivity index (χ4n) is 0.887. The molecule has 0 aliphatic carbocycles. The summed E-state index contributed by atoms with van der Waals surface area (Å²) in [6, 6.07) is 1.93. The highest BCUT2D eigenvalue weighted by Crippen LogP contribution is 1.98. The van der Waals surface area contributed by atoms with Gasteiger partial charge >= 0.3 is 0 Å². The first-order chi connectivity index (χ1) is 6.69. The van der Waals surface area contributed by atoms with Crippen LogP contribution in [-0.4, -0.2) is 34.7 Å². The van der Waals surface area contributed by atoms with Gasteiger partial charge in [0.05, 0.1) is 19.6 Å². The summed E-state index contributed by atoms with van der Waals surface area (Å²) >= 11 is 0. The van der Waals surface area contributed by atoms with Crippen molar-refractivity contribution in [3.63, 3.8) is 0 Å². The lowest BCUT2D eigenvalue weighted by Crippen LogP contribution is -2.29. The molecule has 0 aliphatic rings. The Morgan fingerprint density at radius 2 is 2.57 bits per heavy atom. The SMILES string of the molecule is CON(C)C(=O)Cn1cncc1C#N. The van der Waals surface area contributed by atoms with Crippen LogP contribution in [0.25, 0.3) is 0 Å².